The number of hydrogen-bond acceptors (Lipinski definition) is 3. The quantitative estimate of drug-likeness (QED) is 0.864. The number of rotatable bonds is 3. The minimum absolute atomic E-state index is 0.197. The van der Waals surface area contributed by atoms with Gasteiger partial charge in [-0.3, -0.25) is 4.79 Å². The van der Waals surface area contributed by atoms with Gasteiger partial charge in [-0.1, -0.05) is 19.4 Å². The number of ether oxygens (including phenoxy) is 1. The van der Waals surface area contributed by atoms with Crippen LogP contribution in [0.3, 0.4) is 0 Å². The Hall–Kier alpha value is -2.10. The summed E-state index contributed by atoms with van der Waals surface area (Å²) in [5.74, 6) is 0.519. The molecule has 0 radical (unpaired) electrons. The van der Waals surface area contributed by atoms with Gasteiger partial charge >= 0.3 is 0 Å². The average molecular weight is 286 g/mol. The van der Waals surface area contributed by atoms with Crippen LogP contribution in [0.4, 0.5) is 0 Å². The molecule has 1 amide bonds. The van der Waals surface area contributed by atoms with Gasteiger partial charge in [0.15, 0.2) is 0 Å². The fourth-order valence-corrected chi connectivity index (χ4v) is 2.70. The van der Waals surface area contributed by atoms with Crippen molar-refractivity contribution in [1.29, 1.82) is 0 Å². The van der Waals surface area contributed by atoms with Crippen LogP contribution in [-0.4, -0.2) is 18.7 Å². The van der Waals surface area contributed by atoms with Gasteiger partial charge in [-0.25, -0.2) is 5.43 Å². The summed E-state index contributed by atoms with van der Waals surface area (Å²) in [6, 6.07) is 6.96. The molecule has 4 heteroatoms. The molecule has 0 heterocycles. The van der Waals surface area contributed by atoms with Crippen LogP contribution >= 0.6 is 0 Å². The molecule has 112 valence electrons. The lowest BCUT2D eigenvalue weighted by Crippen LogP contribution is -2.25. The van der Waals surface area contributed by atoms with E-state index in [9.17, 15) is 4.79 Å². The number of nitrogens with one attached hydrogen (secondary N) is 1. The zero-order valence-corrected chi connectivity index (χ0v) is 13.1. The zero-order chi connectivity index (χ0) is 15.5. The maximum atomic E-state index is 12.1. The molecule has 0 saturated heterocycles. The summed E-state index contributed by atoms with van der Waals surface area (Å²) in [7, 11) is 1.60. The van der Waals surface area contributed by atoms with Gasteiger partial charge in [0.05, 0.1) is 12.8 Å². The summed E-state index contributed by atoms with van der Waals surface area (Å²) in [4.78, 5) is 12.1. The van der Waals surface area contributed by atoms with Crippen LogP contribution in [0.5, 0.6) is 5.75 Å². The Labute approximate surface area is 125 Å². The summed E-state index contributed by atoms with van der Waals surface area (Å²) >= 11 is 0. The predicted molar refractivity (Wildman–Crippen MR) is 84.7 cm³/mol. The second kappa shape index (κ2) is 6.12. The van der Waals surface area contributed by atoms with E-state index in [0.29, 0.717) is 5.56 Å². The van der Waals surface area contributed by atoms with Crippen LogP contribution < -0.4 is 10.2 Å². The Bertz CT molecular complexity index is 583. The molecule has 1 aromatic carbocycles. The summed E-state index contributed by atoms with van der Waals surface area (Å²) in [5.41, 5.74) is 5.61. The third-order valence-corrected chi connectivity index (χ3v) is 3.48. The predicted octanol–water partition coefficient (Wildman–Crippen LogP) is 3.55. The van der Waals surface area contributed by atoms with E-state index in [2.05, 4.69) is 37.4 Å². The largest absolute Gasteiger partial charge is 0.497 e. The third-order valence-electron chi connectivity index (χ3n) is 3.48. The molecule has 1 aromatic rings. The number of carbonyl (C=O) groups is 1. The fraction of sp³-hybridized carbons (Fsp3) is 0.412. The summed E-state index contributed by atoms with van der Waals surface area (Å²) < 4.78 is 5.07. The van der Waals surface area contributed by atoms with Gasteiger partial charge in [0.2, 0.25) is 0 Å². The number of benzene rings is 1. The van der Waals surface area contributed by atoms with E-state index in [1.165, 1.54) is 5.57 Å². The first-order chi connectivity index (χ1) is 9.89. The molecule has 0 unspecified atom stereocenters. The number of hydrazone groups is 1. The normalized spacial score (nSPS) is 19.0. The highest BCUT2D eigenvalue weighted by atomic mass is 16.5. The molecule has 0 aromatic heterocycles. The molecular formula is C17H22N2O2. The molecule has 4 nitrogen and oxygen atoms in total. The zero-order valence-electron chi connectivity index (χ0n) is 13.1. The van der Waals surface area contributed by atoms with Crippen molar-refractivity contribution in [2.24, 2.45) is 10.5 Å². The molecule has 1 aliphatic carbocycles. The van der Waals surface area contributed by atoms with Crippen LogP contribution in [-0.2, 0) is 0 Å². The first-order valence-corrected chi connectivity index (χ1v) is 7.08. The lowest BCUT2D eigenvalue weighted by molar-refractivity contribution is 0.0954. The summed E-state index contributed by atoms with van der Waals surface area (Å²) in [5, 5.41) is 4.26. The lowest BCUT2D eigenvalue weighted by Gasteiger charge is -2.29. The first-order valence-electron chi connectivity index (χ1n) is 7.08. The summed E-state index contributed by atoms with van der Waals surface area (Å²) in [6.07, 6.45) is 3.99. The van der Waals surface area contributed by atoms with Crippen molar-refractivity contribution in [1.82, 2.24) is 5.43 Å². The maximum absolute atomic E-state index is 12.1. The van der Waals surface area contributed by atoms with Crippen molar-refractivity contribution in [3.05, 3.63) is 41.5 Å². The second-order valence-electron chi connectivity index (χ2n) is 6.28. The SMILES string of the molecule is COc1ccc(C(=O)N/N=C2\C=C(C)CC(C)(C)C2)cc1. The number of nitrogens with zero attached hydrogens (tertiary/aromatic N) is 1. The topological polar surface area (TPSA) is 50.7 Å². The molecule has 0 bridgehead atoms. The Morgan fingerprint density at radius 2 is 1.90 bits per heavy atom. The van der Waals surface area contributed by atoms with Crippen LogP contribution in [0.2, 0.25) is 0 Å². The van der Waals surface area contributed by atoms with E-state index in [-0.39, 0.29) is 11.3 Å². The molecule has 1 N–H and O–H groups in total. The van der Waals surface area contributed by atoms with Gasteiger partial charge in [0.25, 0.3) is 5.91 Å². The van der Waals surface area contributed by atoms with E-state index in [1.54, 1.807) is 31.4 Å². The number of methoxy groups -OCH3 is 1. The highest BCUT2D eigenvalue weighted by Crippen LogP contribution is 2.33. The molecular weight excluding hydrogens is 264 g/mol. The lowest BCUT2D eigenvalue weighted by atomic mass is 9.77. The highest BCUT2D eigenvalue weighted by molar-refractivity contribution is 5.99. The van der Waals surface area contributed by atoms with Gasteiger partial charge in [0, 0.05) is 5.56 Å². The molecule has 0 saturated carbocycles. The van der Waals surface area contributed by atoms with Gasteiger partial charge in [-0.05, 0) is 55.5 Å². The van der Waals surface area contributed by atoms with E-state index in [0.717, 1.165) is 24.3 Å². The second-order valence-corrected chi connectivity index (χ2v) is 6.28. The van der Waals surface area contributed by atoms with Gasteiger partial charge in [-0.15, -0.1) is 0 Å². The molecule has 1 aliphatic rings. The van der Waals surface area contributed by atoms with Crippen molar-refractivity contribution in [2.75, 3.05) is 7.11 Å². The Kier molecular flexibility index (Phi) is 4.46. The van der Waals surface area contributed by atoms with Crippen molar-refractivity contribution in [3.63, 3.8) is 0 Å². The maximum Gasteiger partial charge on any atom is 0.271 e. The number of hydrogen-bond donors (Lipinski definition) is 1. The van der Waals surface area contributed by atoms with E-state index in [1.807, 2.05) is 0 Å². The van der Waals surface area contributed by atoms with Crippen molar-refractivity contribution in [3.8, 4) is 5.75 Å². The van der Waals surface area contributed by atoms with Crippen LogP contribution in [0.15, 0.2) is 41.0 Å². The number of amides is 1. The van der Waals surface area contributed by atoms with E-state index < -0.39 is 0 Å². The molecule has 21 heavy (non-hydrogen) atoms. The third kappa shape index (κ3) is 4.18. The van der Waals surface area contributed by atoms with Crippen molar-refractivity contribution in [2.45, 2.75) is 33.6 Å². The molecule has 0 fully saturated rings. The number of carbonyl (C=O) groups excluding carboxylic acids is 1. The standard InChI is InChI=1S/C17H22N2O2/c1-12-9-14(11-17(2,3)10-12)18-19-16(20)13-5-7-15(21-4)8-6-13/h5-9H,10-11H2,1-4H3,(H,19,20)/b18-14+. The van der Waals surface area contributed by atoms with Crippen LogP contribution in [0.1, 0.15) is 44.0 Å². The highest BCUT2D eigenvalue weighted by Gasteiger charge is 2.24. The van der Waals surface area contributed by atoms with Gasteiger partial charge < -0.3 is 4.74 Å². The van der Waals surface area contributed by atoms with E-state index >= 15 is 0 Å². The minimum atomic E-state index is -0.209. The van der Waals surface area contributed by atoms with E-state index in [4.69, 9.17) is 4.74 Å². The minimum Gasteiger partial charge on any atom is -0.497 e. The average Bonchev–Trinajstić information content (AvgIpc) is 2.43. The molecule has 0 atom stereocenters. The van der Waals surface area contributed by atoms with Crippen molar-refractivity contribution >= 4 is 11.6 Å². The van der Waals surface area contributed by atoms with Crippen LogP contribution in [0, 0.1) is 5.41 Å². The van der Waals surface area contributed by atoms with Gasteiger partial charge in [-0.2, -0.15) is 5.10 Å². The Morgan fingerprint density at radius 1 is 1.24 bits per heavy atom. The fourth-order valence-electron chi connectivity index (χ4n) is 2.70. The molecule has 2 rings (SSSR count). The monoisotopic (exact) mass is 286 g/mol. The van der Waals surface area contributed by atoms with Crippen molar-refractivity contribution < 1.29 is 9.53 Å². The Balaban J connectivity index is 2.05. The van der Waals surface area contributed by atoms with Gasteiger partial charge in [0.1, 0.15) is 5.75 Å². The van der Waals surface area contributed by atoms with Crippen LogP contribution in [0.25, 0.3) is 0 Å². The molecule has 0 aliphatic heterocycles. The smallest absolute Gasteiger partial charge is 0.271 e. The molecule has 0 spiro atoms. The first kappa shape index (κ1) is 15.3. The Morgan fingerprint density at radius 3 is 2.48 bits per heavy atom. The number of allylic oxidation sites excluding steroid dienone is 2. The summed E-state index contributed by atoms with van der Waals surface area (Å²) in [6.45, 7) is 6.52.